The number of rotatable bonds is 6. The molecule has 0 aliphatic rings. The van der Waals surface area contributed by atoms with E-state index in [0.717, 1.165) is 5.69 Å². The zero-order valence-corrected chi connectivity index (χ0v) is 16.6. The van der Waals surface area contributed by atoms with Gasteiger partial charge in [0.2, 0.25) is 0 Å². The van der Waals surface area contributed by atoms with Gasteiger partial charge in [-0.3, -0.25) is 0 Å². The molecule has 0 saturated heterocycles. The fourth-order valence-electron chi connectivity index (χ4n) is 2.79. The Morgan fingerprint density at radius 3 is 2.57 bits per heavy atom. The number of hydrogen-bond donors (Lipinski definition) is 1. The molecule has 0 atom stereocenters. The van der Waals surface area contributed by atoms with Gasteiger partial charge in [0, 0.05) is 23.3 Å². The van der Waals surface area contributed by atoms with Gasteiger partial charge >= 0.3 is 5.97 Å². The summed E-state index contributed by atoms with van der Waals surface area (Å²) in [5.74, 6) is 0.797. The lowest BCUT2D eigenvalue weighted by Gasteiger charge is -2.17. The molecule has 0 aliphatic carbocycles. The van der Waals surface area contributed by atoms with Crippen LogP contribution in [0.1, 0.15) is 29.9 Å². The highest BCUT2D eigenvalue weighted by atomic mass is 16.5. The first kappa shape index (κ1) is 19.4. The van der Waals surface area contributed by atoms with E-state index >= 15 is 0 Å². The number of pyridine rings is 2. The minimum absolute atomic E-state index is 0.251. The van der Waals surface area contributed by atoms with Crippen molar-refractivity contribution in [3.63, 3.8) is 0 Å². The second kappa shape index (κ2) is 8.12. The first-order valence-corrected chi connectivity index (χ1v) is 8.89. The third kappa shape index (κ3) is 3.98. The molecular weight excluding hydrogens is 358 g/mol. The van der Waals surface area contributed by atoms with Crippen molar-refractivity contribution in [1.29, 1.82) is 0 Å². The number of aryl methyl sites for hydroxylation is 1. The number of fused-ring (bicyclic) bond motifs is 1. The molecule has 3 aromatic rings. The number of nitrogens with zero attached hydrogens (tertiary/aromatic N) is 2. The largest absolute Gasteiger partial charge is 0.497 e. The molecule has 0 unspecified atom stereocenters. The van der Waals surface area contributed by atoms with Crippen LogP contribution in [0.3, 0.4) is 0 Å². The lowest BCUT2D eigenvalue weighted by Crippen LogP contribution is -2.14. The lowest BCUT2D eigenvalue weighted by atomic mass is 10.1. The number of nitrogens with one attached hydrogen (secondary N) is 1. The minimum atomic E-state index is -0.464. The van der Waals surface area contributed by atoms with E-state index in [0.29, 0.717) is 39.5 Å². The minimum Gasteiger partial charge on any atom is -0.497 e. The van der Waals surface area contributed by atoms with E-state index in [2.05, 4.69) is 15.3 Å². The molecule has 1 N–H and O–H groups in total. The summed E-state index contributed by atoms with van der Waals surface area (Å²) >= 11 is 0. The summed E-state index contributed by atoms with van der Waals surface area (Å²) in [5, 5.41) is 4.00. The van der Waals surface area contributed by atoms with Crippen molar-refractivity contribution in [3.8, 4) is 11.5 Å². The summed E-state index contributed by atoms with van der Waals surface area (Å²) in [6.45, 7) is 5.49. The monoisotopic (exact) mass is 381 g/mol. The third-order valence-corrected chi connectivity index (χ3v) is 4.10. The normalized spacial score (nSPS) is 10.8. The molecule has 0 spiro atoms. The average Bonchev–Trinajstić information content (AvgIpc) is 2.67. The molecule has 0 amide bonds. The van der Waals surface area contributed by atoms with Crippen molar-refractivity contribution in [2.24, 2.45) is 0 Å². The maximum atomic E-state index is 12.7. The van der Waals surface area contributed by atoms with E-state index in [9.17, 15) is 4.79 Å². The molecule has 7 nitrogen and oxygen atoms in total. The van der Waals surface area contributed by atoms with Crippen LogP contribution in [0.15, 0.2) is 36.5 Å². The molecule has 0 bridgehead atoms. The quantitative estimate of drug-likeness (QED) is 0.639. The molecule has 28 heavy (non-hydrogen) atoms. The number of aromatic nitrogens is 2. The summed E-state index contributed by atoms with van der Waals surface area (Å²) in [5.41, 5.74) is 2.88. The highest BCUT2D eigenvalue weighted by Crippen LogP contribution is 2.35. The smallest absolute Gasteiger partial charge is 0.342 e. The van der Waals surface area contributed by atoms with Crippen LogP contribution in [0.2, 0.25) is 0 Å². The standard InChI is InChI=1S/C21H23N3O4/c1-12(2)28-21(25)16-11-22-20-15(8-6-13(3)23-20)19(16)24-17-10-14(26-4)7-9-18(17)27-5/h6-12H,1-5H3,(H,22,23,24). The molecule has 0 saturated carbocycles. The number of anilines is 2. The van der Waals surface area contributed by atoms with Crippen molar-refractivity contribution >= 4 is 28.4 Å². The van der Waals surface area contributed by atoms with E-state index in [1.807, 2.05) is 19.1 Å². The Labute approximate surface area is 163 Å². The Morgan fingerprint density at radius 1 is 1.11 bits per heavy atom. The SMILES string of the molecule is COc1ccc(OC)c(Nc2c(C(=O)OC(C)C)cnc3nc(C)ccc23)c1. The number of ether oxygens (including phenoxy) is 3. The van der Waals surface area contributed by atoms with Crippen LogP contribution < -0.4 is 14.8 Å². The van der Waals surface area contributed by atoms with Crippen molar-refractivity contribution in [2.45, 2.75) is 26.9 Å². The van der Waals surface area contributed by atoms with Gasteiger partial charge in [0.05, 0.1) is 31.7 Å². The molecule has 2 heterocycles. The summed E-state index contributed by atoms with van der Waals surface area (Å²) in [4.78, 5) is 21.5. The van der Waals surface area contributed by atoms with Gasteiger partial charge in [0.25, 0.3) is 0 Å². The van der Waals surface area contributed by atoms with Crippen molar-refractivity contribution < 1.29 is 19.0 Å². The van der Waals surface area contributed by atoms with Gasteiger partial charge < -0.3 is 19.5 Å². The molecule has 7 heteroatoms. The van der Waals surface area contributed by atoms with Crippen LogP contribution in [0.4, 0.5) is 11.4 Å². The molecule has 0 radical (unpaired) electrons. The lowest BCUT2D eigenvalue weighted by molar-refractivity contribution is 0.0379. The van der Waals surface area contributed by atoms with E-state index < -0.39 is 5.97 Å². The third-order valence-electron chi connectivity index (χ3n) is 4.10. The van der Waals surface area contributed by atoms with E-state index in [1.54, 1.807) is 46.3 Å². The van der Waals surface area contributed by atoms with Crippen molar-refractivity contribution in [2.75, 3.05) is 19.5 Å². The van der Waals surface area contributed by atoms with Crippen LogP contribution in [-0.2, 0) is 4.74 Å². The maximum Gasteiger partial charge on any atom is 0.342 e. The predicted octanol–water partition coefficient (Wildman–Crippen LogP) is 4.26. The van der Waals surface area contributed by atoms with Crippen molar-refractivity contribution in [3.05, 3.63) is 47.8 Å². The Kier molecular flexibility index (Phi) is 5.63. The van der Waals surface area contributed by atoms with Crippen LogP contribution in [-0.4, -0.2) is 36.3 Å². The Morgan fingerprint density at radius 2 is 1.89 bits per heavy atom. The van der Waals surface area contributed by atoms with Gasteiger partial charge in [-0.25, -0.2) is 14.8 Å². The summed E-state index contributed by atoms with van der Waals surface area (Å²) in [7, 11) is 3.17. The molecule has 2 aromatic heterocycles. The van der Waals surface area contributed by atoms with E-state index in [1.165, 1.54) is 6.20 Å². The van der Waals surface area contributed by atoms with Crippen molar-refractivity contribution in [1.82, 2.24) is 9.97 Å². The number of benzene rings is 1. The van der Waals surface area contributed by atoms with Gasteiger partial charge in [-0.2, -0.15) is 0 Å². The van der Waals surface area contributed by atoms with Gasteiger partial charge in [-0.15, -0.1) is 0 Å². The topological polar surface area (TPSA) is 82.6 Å². The van der Waals surface area contributed by atoms with Gasteiger partial charge in [0.15, 0.2) is 5.65 Å². The van der Waals surface area contributed by atoms with Crippen LogP contribution >= 0.6 is 0 Å². The first-order chi connectivity index (χ1) is 13.4. The second-order valence-electron chi connectivity index (χ2n) is 6.52. The summed E-state index contributed by atoms with van der Waals surface area (Å²) in [6.07, 6.45) is 1.23. The van der Waals surface area contributed by atoms with Crippen LogP contribution in [0.25, 0.3) is 11.0 Å². The Bertz CT molecular complexity index is 1020. The number of esters is 1. The summed E-state index contributed by atoms with van der Waals surface area (Å²) in [6, 6.07) is 9.14. The fraction of sp³-hybridized carbons (Fsp3) is 0.286. The van der Waals surface area contributed by atoms with Crippen LogP contribution in [0.5, 0.6) is 11.5 Å². The number of carbonyl (C=O) groups excluding carboxylic acids is 1. The zero-order valence-electron chi connectivity index (χ0n) is 16.6. The average molecular weight is 381 g/mol. The Hall–Kier alpha value is -3.35. The van der Waals surface area contributed by atoms with Gasteiger partial charge in [0.1, 0.15) is 17.1 Å². The number of hydrogen-bond acceptors (Lipinski definition) is 7. The Balaban J connectivity index is 2.18. The number of methoxy groups -OCH3 is 2. The van der Waals surface area contributed by atoms with E-state index in [4.69, 9.17) is 14.2 Å². The molecule has 1 aromatic carbocycles. The first-order valence-electron chi connectivity index (χ1n) is 8.89. The van der Waals surface area contributed by atoms with E-state index in [-0.39, 0.29) is 6.10 Å². The summed E-state index contributed by atoms with van der Waals surface area (Å²) < 4.78 is 16.2. The van der Waals surface area contributed by atoms with Crippen LogP contribution in [0, 0.1) is 6.92 Å². The fourth-order valence-corrected chi connectivity index (χ4v) is 2.79. The maximum absolute atomic E-state index is 12.7. The van der Waals surface area contributed by atoms with Gasteiger partial charge in [-0.1, -0.05) is 0 Å². The predicted molar refractivity (Wildman–Crippen MR) is 108 cm³/mol. The molecule has 146 valence electrons. The molecule has 3 rings (SSSR count). The molecular formula is C21H23N3O4. The highest BCUT2D eigenvalue weighted by Gasteiger charge is 2.20. The number of carbonyl (C=O) groups is 1. The van der Waals surface area contributed by atoms with Gasteiger partial charge in [-0.05, 0) is 45.0 Å². The molecule has 0 fully saturated rings. The second-order valence-corrected chi connectivity index (χ2v) is 6.52. The molecule has 0 aliphatic heterocycles. The highest BCUT2D eigenvalue weighted by molar-refractivity contribution is 6.05. The zero-order chi connectivity index (χ0) is 20.3.